The summed E-state index contributed by atoms with van der Waals surface area (Å²) in [5.41, 5.74) is 0.748. The molecule has 0 radical (unpaired) electrons. The predicted octanol–water partition coefficient (Wildman–Crippen LogP) is 2.40. The van der Waals surface area contributed by atoms with Crippen LogP contribution in [0.15, 0.2) is 87.3 Å². The van der Waals surface area contributed by atoms with Crippen molar-refractivity contribution in [1.29, 1.82) is 0 Å². The number of benzene rings is 3. The Morgan fingerprint density at radius 1 is 0.906 bits per heavy atom. The zero-order valence-corrected chi connectivity index (χ0v) is 17.7. The van der Waals surface area contributed by atoms with Crippen LogP contribution < -0.4 is 15.6 Å². The molecule has 3 aromatic carbocycles. The van der Waals surface area contributed by atoms with E-state index in [0.29, 0.717) is 23.2 Å². The van der Waals surface area contributed by atoms with Crippen molar-refractivity contribution in [1.82, 2.24) is 9.55 Å². The second kappa shape index (κ2) is 7.77. The lowest BCUT2D eigenvalue weighted by atomic mass is 10.2. The van der Waals surface area contributed by atoms with Gasteiger partial charge in [0.05, 0.1) is 46.9 Å². The molecule has 4 aromatic rings. The molecule has 2 heterocycles. The molecule has 0 amide bonds. The molecule has 8 nitrogen and oxygen atoms in total. The number of fused-ring (bicyclic) bond motifs is 2. The van der Waals surface area contributed by atoms with E-state index in [4.69, 9.17) is 4.74 Å². The van der Waals surface area contributed by atoms with Crippen LogP contribution in [0.2, 0.25) is 0 Å². The maximum absolute atomic E-state index is 13.6. The fourth-order valence-corrected chi connectivity index (χ4v) is 5.41. The molecule has 0 fully saturated rings. The number of aromatic nitrogens is 2. The van der Waals surface area contributed by atoms with Gasteiger partial charge in [0.15, 0.2) is 0 Å². The SMILES string of the molecule is O=c1[nH]c2ccccc2c(=O)n1-c1cccc(S(=O)(=O)N2CCOCc3ccccc32)c1. The number of sulfonamides is 1. The molecule has 0 saturated carbocycles. The van der Waals surface area contributed by atoms with E-state index in [1.165, 1.54) is 28.6 Å². The van der Waals surface area contributed by atoms with E-state index in [2.05, 4.69) is 4.98 Å². The Kier molecular flexibility index (Phi) is 4.91. The lowest BCUT2D eigenvalue weighted by molar-refractivity contribution is 0.133. The third-order valence-electron chi connectivity index (χ3n) is 5.43. The van der Waals surface area contributed by atoms with Gasteiger partial charge in [0, 0.05) is 5.56 Å². The van der Waals surface area contributed by atoms with E-state index in [1.54, 1.807) is 36.4 Å². The summed E-state index contributed by atoms with van der Waals surface area (Å²) in [5.74, 6) is 0. The number of nitrogens with zero attached hydrogens (tertiary/aromatic N) is 2. The zero-order chi connectivity index (χ0) is 22.3. The van der Waals surface area contributed by atoms with Crippen molar-refractivity contribution in [3.8, 4) is 5.69 Å². The van der Waals surface area contributed by atoms with Crippen molar-refractivity contribution in [3.63, 3.8) is 0 Å². The minimum absolute atomic E-state index is 0.0221. The number of hydrogen-bond acceptors (Lipinski definition) is 5. The molecule has 162 valence electrons. The highest BCUT2D eigenvalue weighted by atomic mass is 32.2. The van der Waals surface area contributed by atoms with Crippen LogP contribution in [0.3, 0.4) is 0 Å². The third-order valence-corrected chi connectivity index (χ3v) is 7.23. The standard InChI is InChI=1S/C23H19N3O5S/c27-22-19-9-2-3-10-20(19)24-23(28)26(22)17-7-5-8-18(14-17)32(29,30)25-12-13-31-15-16-6-1-4-11-21(16)25/h1-11,14H,12-13,15H2,(H,24,28). The summed E-state index contributed by atoms with van der Waals surface area (Å²) in [4.78, 5) is 28.3. The smallest absolute Gasteiger partial charge is 0.333 e. The number of hydrogen-bond donors (Lipinski definition) is 1. The molecule has 1 N–H and O–H groups in total. The second-order valence-corrected chi connectivity index (χ2v) is 9.23. The molecule has 0 spiro atoms. The number of anilines is 1. The van der Waals surface area contributed by atoms with Gasteiger partial charge in [-0.3, -0.25) is 9.10 Å². The first-order chi connectivity index (χ1) is 15.5. The Balaban J connectivity index is 1.65. The van der Waals surface area contributed by atoms with Gasteiger partial charge in [-0.15, -0.1) is 0 Å². The summed E-state index contributed by atoms with van der Waals surface area (Å²) < 4.78 is 34.9. The minimum atomic E-state index is -3.97. The van der Waals surface area contributed by atoms with Crippen molar-refractivity contribution in [2.75, 3.05) is 17.5 Å². The van der Waals surface area contributed by atoms with Gasteiger partial charge in [0.2, 0.25) is 0 Å². The van der Waals surface area contributed by atoms with Crippen LogP contribution in [0.1, 0.15) is 5.56 Å². The molecule has 0 unspecified atom stereocenters. The Bertz CT molecular complexity index is 1560. The van der Waals surface area contributed by atoms with E-state index in [1.807, 2.05) is 12.1 Å². The van der Waals surface area contributed by atoms with Crippen LogP contribution in [0.4, 0.5) is 5.69 Å². The van der Waals surface area contributed by atoms with E-state index in [0.717, 1.165) is 10.1 Å². The van der Waals surface area contributed by atoms with Gasteiger partial charge in [0.25, 0.3) is 15.6 Å². The summed E-state index contributed by atoms with van der Waals surface area (Å²) >= 11 is 0. The highest BCUT2D eigenvalue weighted by Crippen LogP contribution is 2.29. The number of nitrogens with one attached hydrogen (secondary N) is 1. The van der Waals surface area contributed by atoms with Gasteiger partial charge < -0.3 is 9.72 Å². The van der Waals surface area contributed by atoms with Crippen LogP contribution in [0, 0.1) is 0 Å². The molecular weight excluding hydrogens is 430 g/mol. The summed E-state index contributed by atoms with van der Waals surface area (Å²) in [6.45, 7) is 0.724. The third kappa shape index (κ3) is 3.31. The van der Waals surface area contributed by atoms with Crippen LogP contribution in [-0.2, 0) is 21.4 Å². The molecule has 1 aliphatic rings. The Morgan fingerprint density at radius 2 is 1.69 bits per heavy atom. The maximum atomic E-state index is 13.6. The first kappa shape index (κ1) is 20.2. The molecule has 0 saturated heterocycles. The van der Waals surface area contributed by atoms with Gasteiger partial charge in [-0.05, 0) is 36.4 Å². The average molecular weight is 449 g/mol. The summed E-state index contributed by atoms with van der Waals surface area (Å²) in [7, 11) is -3.97. The summed E-state index contributed by atoms with van der Waals surface area (Å²) in [6.07, 6.45) is 0. The van der Waals surface area contributed by atoms with E-state index in [9.17, 15) is 18.0 Å². The predicted molar refractivity (Wildman–Crippen MR) is 121 cm³/mol. The van der Waals surface area contributed by atoms with Gasteiger partial charge in [-0.2, -0.15) is 0 Å². The topological polar surface area (TPSA) is 101 Å². The average Bonchev–Trinajstić information content (AvgIpc) is 3.02. The fourth-order valence-electron chi connectivity index (χ4n) is 3.88. The lowest BCUT2D eigenvalue weighted by Gasteiger charge is -2.24. The molecule has 9 heteroatoms. The molecule has 5 rings (SSSR count). The van der Waals surface area contributed by atoms with E-state index >= 15 is 0 Å². The lowest BCUT2D eigenvalue weighted by Crippen LogP contribution is -2.35. The number of aromatic amines is 1. The maximum Gasteiger partial charge on any atom is 0.333 e. The number of rotatable bonds is 3. The first-order valence-corrected chi connectivity index (χ1v) is 11.4. The van der Waals surface area contributed by atoms with Gasteiger partial charge >= 0.3 is 5.69 Å². The van der Waals surface area contributed by atoms with Gasteiger partial charge in [-0.25, -0.2) is 17.8 Å². The van der Waals surface area contributed by atoms with Crippen molar-refractivity contribution >= 4 is 26.6 Å². The van der Waals surface area contributed by atoms with E-state index in [-0.39, 0.29) is 23.7 Å². The molecular formula is C23H19N3O5S. The van der Waals surface area contributed by atoms with Crippen molar-refractivity contribution in [2.45, 2.75) is 11.5 Å². The highest BCUT2D eigenvalue weighted by Gasteiger charge is 2.28. The number of para-hydroxylation sites is 2. The molecule has 0 aliphatic carbocycles. The zero-order valence-electron chi connectivity index (χ0n) is 16.9. The van der Waals surface area contributed by atoms with Crippen molar-refractivity contribution in [2.24, 2.45) is 0 Å². The van der Waals surface area contributed by atoms with Crippen LogP contribution in [0.25, 0.3) is 16.6 Å². The Labute approximate surface area is 183 Å². The van der Waals surface area contributed by atoms with Crippen LogP contribution in [0.5, 0.6) is 0 Å². The quantitative estimate of drug-likeness (QED) is 0.518. The Morgan fingerprint density at radius 3 is 2.56 bits per heavy atom. The molecule has 0 bridgehead atoms. The summed E-state index contributed by atoms with van der Waals surface area (Å²) in [5, 5.41) is 0.332. The van der Waals surface area contributed by atoms with Crippen molar-refractivity contribution in [3.05, 3.63) is 99.2 Å². The largest absolute Gasteiger partial charge is 0.375 e. The molecule has 1 aliphatic heterocycles. The molecule has 0 atom stereocenters. The van der Waals surface area contributed by atoms with Crippen molar-refractivity contribution < 1.29 is 13.2 Å². The monoisotopic (exact) mass is 449 g/mol. The van der Waals surface area contributed by atoms with Gasteiger partial charge in [0.1, 0.15) is 0 Å². The molecule has 1 aromatic heterocycles. The molecule has 32 heavy (non-hydrogen) atoms. The first-order valence-electron chi connectivity index (χ1n) is 10.00. The minimum Gasteiger partial charge on any atom is -0.375 e. The van der Waals surface area contributed by atoms with Gasteiger partial charge in [-0.1, -0.05) is 36.4 Å². The van der Waals surface area contributed by atoms with Crippen LogP contribution >= 0.6 is 0 Å². The van der Waals surface area contributed by atoms with E-state index < -0.39 is 21.3 Å². The number of ether oxygens (including phenoxy) is 1. The fraction of sp³-hybridized carbons (Fsp3) is 0.130. The second-order valence-electron chi connectivity index (χ2n) is 7.37. The Hall–Kier alpha value is -3.69. The van der Waals surface area contributed by atoms with Crippen LogP contribution in [-0.4, -0.2) is 31.1 Å². The highest BCUT2D eigenvalue weighted by molar-refractivity contribution is 7.92. The summed E-state index contributed by atoms with van der Waals surface area (Å²) in [6, 6.07) is 19.7. The number of H-pyrrole nitrogens is 1. The normalized spacial score (nSPS) is 14.2.